The number of carbonyl (C=O) groups is 2. The number of hydrogen-bond donors (Lipinski definition) is 2. The molecule has 0 spiro atoms. The summed E-state index contributed by atoms with van der Waals surface area (Å²) in [6.45, 7) is 2.54. The number of nitrogens with zero attached hydrogens (tertiary/aromatic N) is 4. The standard InChI is InChI=1S/C21H20ClFN6O2S/c22-16-11-14(4-5-17(16)23)25-19(30)12-15-13-32-20(26-15)27-21(31)29-9-7-28(8-10-29)18-3-1-2-6-24-18/h1-6,11,13H,7-10,12H2,(H,25,30)(H,26,27,31). The molecule has 166 valence electrons. The number of urea groups is 1. The number of nitrogens with one attached hydrogen (secondary N) is 2. The van der Waals surface area contributed by atoms with E-state index in [1.807, 2.05) is 18.2 Å². The average Bonchev–Trinajstić information content (AvgIpc) is 3.23. The molecule has 0 atom stereocenters. The Morgan fingerprint density at radius 2 is 1.94 bits per heavy atom. The van der Waals surface area contributed by atoms with E-state index in [-0.39, 0.29) is 23.4 Å². The molecule has 1 aromatic carbocycles. The van der Waals surface area contributed by atoms with Gasteiger partial charge in [-0.05, 0) is 30.3 Å². The molecular weight excluding hydrogens is 455 g/mol. The van der Waals surface area contributed by atoms with Gasteiger partial charge < -0.3 is 15.1 Å². The van der Waals surface area contributed by atoms with Crippen LogP contribution < -0.4 is 15.5 Å². The Bertz CT molecular complexity index is 1100. The molecule has 1 aliphatic heterocycles. The number of aromatic nitrogens is 2. The van der Waals surface area contributed by atoms with E-state index < -0.39 is 5.82 Å². The van der Waals surface area contributed by atoms with Crippen molar-refractivity contribution in [2.45, 2.75) is 6.42 Å². The van der Waals surface area contributed by atoms with Crippen molar-refractivity contribution in [3.63, 3.8) is 0 Å². The highest BCUT2D eigenvalue weighted by molar-refractivity contribution is 7.13. The second kappa shape index (κ2) is 9.92. The fourth-order valence-electron chi connectivity index (χ4n) is 3.24. The second-order valence-electron chi connectivity index (χ2n) is 7.09. The normalized spacial score (nSPS) is 13.7. The summed E-state index contributed by atoms with van der Waals surface area (Å²) in [5, 5.41) is 7.51. The molecule has 0 unspecified atom stereocenters. The quantitative estimate of drug-likeness (QED) is 0.586. The number of benzene rings is 1. The molecule has 0 bridgehead atoms. The van der Waals surface area contributed by atoms with E-state index in [1.54, 1.807) is 16.5 Å². The molecule has 4 rings (SSSR count). The number of piperazine rings is 1. The predicted octanol–water partition coefficient (Wildman–Crippen LogP) is 3.87. The zero-order valence-corrected chi connectivity index (χ0v) is 18.5. The van der Waals surface area contributed by atoms with Gasteiger partial charge in [-0.15, -0.1) is 11.3 Å². The molecule has 32 heavy (non-hydrogen) atoms. The SMILES string of the molecule is O=C(Cc1csc(NC(=O)N2CCN(c3ccccn3)CC2)n1)Nc1ccc(F)c(Cl)c1. The number of thiazole rings is 1. The van der Waals surface area contributed by atoms with Gasteiger partial charge in [0.2, 0.25) is 5.91 Å². The Morgan fingerprint density at radius 3 is 2.66 bits per heavy atom. The maximum Gasteiger partial charge on any atom is 0.323 e. The van der Waals surface area contributed by atoms with E-state index in [0.717, 1.165) is 5.82 Å². The van der Waals surface area contributed by atoms with Crippen molar-refractivity contribution >= 4 is 51.5 Å². The lowest BCUT2D eigenvalue weighted by Gasteiger charge is -2.35. The Kier molecular flexibility index (Phi) is 6.81. The van der Waals surface area contributed by atoms with Gasteiger partial charge in [0.25, 0.3) is 0 Å². The maximum absolute atomic E-state index is 13.2. The van der Waals surface area contributed by atoms with Crippen LogP contribution in [0, 0.1) is 5.82 Å². The van der Waals surface area contributed by atoms with E-state index >= 15 is 0 Å². The van der Waals surface area contributed by atoms with Crippen LogP contribution in [0.15, 0.2) is 48.0 Å². The summed E-state index contributed by atoms with van der Waals surface area (Å²) in [5.41, 5.74) is 0.922. The van der Waals surface area contributed by atoms with Crippen LogP contribution in [-0.4, -0.2) is 53.0 Å². The summed E-state index contributed by atoms with van der Waals surface area (Å²) in [6, 6.07) is 9.50. The molecule has 3 amide bonds. The van der Waals surface area contributed by atoms with Crippen LogP contribution >= 0.6 is 22.9 Å². The van der Waals surface area contributed by atoms with Gasteiger partial charge in [-0.25, -0.2) is 19.2 Å². The average molecular weight is 475 g/mol. The first-order valence-electron chi connectivity index (χ1n) is 9.89. The van der Waals surface area contributed by atoms with Gasteiger partial charge in [0, 0.05) is 43.4 Å². The van der Waals surface area contributed by atoms with Gasteiger partial charge in [0.1, 0.15) is 11.6 Å². The Balaban J connectivity index is 1.26. The topological polar surface area (TPSA) is 90.5 Å². The number of pyridine rings is 1. The fraction of sp³-hybridized carbons (Fsp3) is 0.238. The van der Waals surface area contributed by atoms with Crippen LogP contribution in [0.1, 0.15) is 5.69 Å². The van der Waals surface area contributed by atoms with Crippen molar-refractivity contribution in [2.24, 2.45) is 0 Å². The number of amides is 3. The zero-order chi connectivity index (χ0) is 22.5. The minimum absolute atomic E-state index is 0.0180. The first-order chi connectivity index (χ1) is 15.5. The van der Waals surface area contributed by atoms with Crippen LogP contribution in [0.4, 0.5) is 25.8 Å². The third-order valence-electron chi connectivity index (χ3n) is 4.85. The monoisotopic (exact) mass is 474 g/mol. The predicted molar refractivity (Wildman–Crippen MR) is 123 cm³/mol. The van der Waals surface area contributed by atoms with Crippen LogP contribution in [-0.2, 0) is 11.2 Å². The van der Waals surface area contributed by atoms with Crippen molar-refractivity contribution < 1.29 is 14.0 Å². The molecule has 3 aromatic rings. The molecule has 11 heteroatoms. The number of hydrogen-bond acceptors (Lipinski definition) is 6. The van der Waals surface area contributed by atoms with Gasteiger partial charge in [-0.1, -0.05) is 17.7 Å². The summed E-state index contributed by atoms with van der Waals surface area (Å²) in [5.74, 6) is 0.0301. The highest BCUT2D eigenvalue weighted by atomic mass is 35.5. The van der Waals surface area contributed by atoms with Crippen molar-refractivity contribution in [2.75, 3.05) is 41.7 Å². The van der Waals surface area contributed by atoms with E-state index in [4.69, 9.17) is 11.6 Å². The Labute approximate surface area is 193 Å². The van der Waals surface area contributed by atoms with E-state index in [2.05, 4.69) is 25.5 Å². The largest absolute Gasteiger partial charge is 0.353 e. The van der Waals surface area contributed by atoms with Crippen LogP contribution in [0.2, 0.25) is 5.02 Å². The highest BCUT2D eigenvalue weighted by Crippen LogP contribution is 2.21. The number of halogens is 2. The van der Waals surface area contributed by atoms with Crippen molar-refractivity contribution in [3.8, 4) is 0 Å². The third kappa shape index (κ3) is 5.51. The van der Waals surface area contributed by atoms with Gasteiger partial charge >= 0.3 is 6.03 Å². The molecule has 2 N–H and O–H groups in total. The summed E-state index contributed by atoms with van der Waals surface area (Å²) < 4.78 is 13.2. The number of anilines is 3. The van der Waals surface area contributed by atoms with Gasteiger partial charge in [-0.3, -0.25) is 10.1 Å². The minimum Gasteiger partial charge on any atom is -0.353 e. The van der Waals surface area contributed by atoms with Crippen LogP contribution in [0.3, 0.4) is 0 Å². The van der Waals surface area contributed by atoms with Crippen LogP contribution in [0.25, 0.3) is 0 Å². The third-order valence-corrected chi connectivity index (χ3v) is 5.95. The van der Waals surface area contributed by atoms with Crippen LogP contribution in [0.5, 0.6) is 0 Å². The molecule has 0 saturated carbocycles. The molecule has 8 nitrogen and oxygen atoms in total. The summed E-state index contributed by atoms with van der Waals surface area (Å²) >= 11 is 6.98. The minimum atomic E-state index is -0.553. The Morgan fingerprint density at radius 1 is 1.12 bits per heavy atom. The molecule has 0 aliphatic carbocycles. The highest BCUT2D eigenvalue weighted by Gasteiger charge is 2.22. The van der Waals surface area contributed by atoms with E-state index in [9.17, 15) is 14.0 Å². The van der Waals surface area contributed by atoms with Gasteiger partial charge in [0.05, 0.1) is 17.1 Å². The van der Waals surface area contributed by atoms with Gasteiger partial charge in [0.15, 0.2) is 5.13 Å². The lowest BCUT2D eigenvalue weighted by atomic mass is 10.2. The van der Waals surface area contributed by atoms with Gasteiger partial charge in [-0.2, -0.15) is 0 Å². The van der Waals surface area contributed by atoms with E-state index in [0.29, 0.717) is 42.7 Å². The molecule has 2 aromatic heterocycles. The maximum atomic E-state index is 13.2. The lowest BCUT2D eigenvalue weighted by Crippen LogP contribution is -2.50. The molecule has 1 saturated heterocycles. The second-order valence-corrected chi connectivity index (χ2v) is 8.36. The summed E-state index contributed by atoms with van der Waals surface area (Å²) in [7, 11) is 0. The molecular formula is C21H20ClFN6O2S. The van der Waals surface area contributed by atoms with Crippen molar-refractivity contribution in [1.29, 1.82) is 0 Å². The summed E-state index contributed by atoms with van der Waals surface area (Å²) in [6.07, 6.45) is 1.77. The number of carbonyl (C=O) groups excluding carboxylic acids is 2. The summed E-state index contributed by atoms with van der Waals surface area (Å²) in [4.78, 5) is 37.3. The zero-order valence-electron chi connectivity index (χ0n) is 16.9. The molecule has 0 radical (unpaired) electrons. The molecule has 1 aliphatic rings. The molecule has 1 fully saturated rings. The fourth-order valence-corrected chi connectivity index (χ4v) is 4.12. The van der Waals surface area contributed by atoms with E-state index in [1.165, 1.54) is 29.5 Å². The first kappa shape index (κ1) is 22.0. The smallest absolute Gasteiger partial charge is 0.323 e. The molecule has 3 heterocycles. The van der Waals surface area contributed by atoms with Crippen molar-refractivity contribution in [1.82, 2.24) is 14.9 Å². The van der Waals surface area contributed by atoms with Crippen molar-refractivity contribution in [3.05, 3.63) is 64.5 Å². The number of rotatable bonds is 5. The first-order valence-corrected chi connectivity index (χ1v) is 11.1. The Hall–Kier alpha value is -3.24. The lowest BCUT2D eigenvalue weighted by molar-refractivity contribution is -0.115.